The second kappa shape index (κ2) is 16.3. The first-order valence-corrected chi connectivity index (χ1v) is 13.0. The summed E-state index contributed by atoms with van der Waals surface area (Å²) in [5.41, 5.74) is 1.86. The van der Waals surface area contributed by atoms with Gasteiger partial charge in [-0.05, 0) is 25.5 Å². The number of hydrogen-bond acceptors (Lipinski definition) is 8. The van der Waals surface area contributed by atoms with Crippen LogP contribution < -0.4 is 14.9 Å². The van der Waals surface area contributed by atoms with E-state index in [1.807, 2.05) is 24.5 Å². The highest BCUT2D eigenvalue weighted by Gasteiger charge is 2.14. The third kappa shape index (κ3) is 10.3. The van der Waals surface area contributed by atoms with Crippen LogP contribution in [0.5, 0.6) is 0 Å². The molecule has 2 heterocycles. The minimum atomic E-state index is -0.207. The molecule has 1 aromatic carbocycles. The highest BCUT2D eigenvalue weighted by atomic mass is 32.2. The summed E-state index contributed by atoms with van der Waals surface area (Å²) >= 11 is 1.59. The Morgan fingerprint density at radius 3 is 2.53 bits per heavy atom. The fourth-order valence-corrected chi connectivity index (χ4v) is 3.99. The van der Waals surface area contributed by atoms with Crippen molar-refractivity contribution in [2.45, 2.75) is 20.3 Å². The molecule has 0 saturated carbocycles. The Hall–Kier alpha value is -2.33. The van der Waals surface area contributed by atoms with E-state index in [4.69, 9.17) is 9.84 Å². The molecule has 0 radical (unpaired) electrons. The molecule has 8 nitrogen and oxygen atoms in total. The number of aliphatic hydroxyl groups excluding tert-OH is 1. The zero-order valence-corrected chi connectivity index (χ0v) is 21.4. The van der Waals surface area contributed by atoms with Gasteiger partial charge < -0.3 is 24.8 Å². The van der Waals surface area contributed by atoms with Crippen LogP contribution in [0.15, 0.2) is 42.5 Å². The van der Waals surface area contributed by atoms with Crippen LogP contribution >= 0.6 is 11.9 Å². The summed E-state index contributed by atoms with van der Waals surface area (Å²) in [6.07, 6.45) is 2.99. The highest BCUT2D eigenvalue weighted by Crippen LogP contribution is 2.23. The predicted octanol–water partition coefficient (Wildman–Crippen LogP) is 3.04. The molecule has 0 aliphatic carbocycles. The SMILES string of the molecule is CCCN(SC)c1cc(C(=O)NCCO)cc(NCCN2CCOCC2)n1.Cc1ccccc1. The van der Waals surface area contributed by atoms with Gasteiger partial charge in [-0.2, -0.15) is 0 Å². The number of anilines is 2. The molecule has 0 atom stereocenters. The Kier molecular flexibility index (Phi) is 13.4. The van der Waals surface area contributed by atoms with E-state index in [0.717, 1.165) is 58.2 Å². The smallest absolute Gasteiger partial charge is 0.251 e. The minimum Gasteiger partial charge on any atom is -0.395 e. The van der Waals surface area contributed by atoms with Crippen LogP contribution in [0, 0.1) is 6.92 Å². The van der Waals surface area contributed by atoms with Crippen molar-refractivity contribution in [3.8, 4) is 0 Å². The van der Waals surface area contributed by atoms with Crippen LogP contribution in [0.1, 0.15) is 29.3 Å². The van der Waals surface area contributed by atoms with Gasteiger partial charge in [0.25, 0.3) is 5.91 Å². The van der Waals surface area contributed by atoms with Crippen molar-refractivity contribution in [3.05, 3.63) is 53.6 Å². The fraction of sp³-hybridized carbons (Fsp3) is 0.520. The van der Waals surface area contributed by atoms with Crippen LogP contribution in [0.25, 0.3) is 0 Å². The van der Waals surface area contributed by atoms with Crippen LogP contribution in [-0.2, 0) is 4.74 Å². The number of nitrogens with one attached hydrogen (secondary N) is 2. The average molecular weight is 490 g/mol. The monoisotopic (exact) mass is 489 g/mol. The number of rotatable bonds is 11. The van der Waals surface area contributed by atoms with Gasteiger partial charge in [-0.1, -0.05) is 54.8 Å². The van der Waals surface area contributed by atoms with Crippen molar-refractivity contribution in [3.63, 3.8) is 0 Å². The molecule has 0 bridgehead atoms. The molecule has 2 aromatic rings. The number of pyridine rings is 1. The van der Waals surface area contributed by atoms with Gasteiger partial charge in [0.05, 0.1) is 19.8 Å². The topological polar surface area (TPSA) is 90.0 Å². The van der Waals surface area contributed by atoms with E-state index >= 15 is 0 Å². The number of carbonyl (C=O) groups is 1. The molecule has 3 rings (SSSR count). The molecule has 1 aromatic heterocycles. The molecule has 1 aliphatic heterocycles. The number of ether oxygens (including phenoxy) is 1. The van der Waals surface area contributed by atoms with Gasteiger partial charge >= 0.3 is 0 Å². The summed E-state index contributed by atoms with van der Waals surface area (Å²) in [5, 5.41) is 15.0. The van der Waals surface area contributed by atoms with Crippen LogP contribution in [0.3, 0.4) is 0 Å². The molecule has 3 N–H and O–H groups in total. The first-order chi connectivity index (χ1) is 16.6. The molecule has 34 heavy (non-hydrogen) atoms. The third-order valence-corrected chi connectivity index (χ3v) is 5.96. The lowest BCUT2D eigenvalue weighted by Gasteiger charge is -2.26. The Bertz CT molecular complexity index is 835. The second-order valence-electron chi connectivity index (χ2n) is 7.90. The van der Waals surface area contributed by atoms with Crippen molar-refractivity contribution in [1.29, 1.82) is 0 Å². The number of aromatic nitrogens is 1. The largest absolute Gasteiger partial charge is 0.395 e. The third-order valence-electron chi connectivity index (χ3n) is 5.15. The maximum atomic E-state index is 12.4. The first kappa shape index (κ1) is 27.9. The fourth-order valence-electron chi connectivity index (χ4n) is 3.34. The van der Waals surface area contributed by atoms with E-state index in [1.165, 1.54) is 5.56 Å². The molecule has 9 heteroatoms. The molecule has 188 valence electrons. The van der Waals surface area contributed by atoms with Crippen molar-refractivity contribution in [2.24, 2.45) is 0 Å². The molecule has 0 spiro atoms. The van der Waals surface area contributed by atoms with E-state index < -0.39 is 0 Å². The minimum absolute atomic E-state index is 0.0822. The zero-order valence-electron chi connectivity index (χ0n) is 20.6. The quantitative estimate of drug-likeness (QED) is 0.415. The summed E-state index contributed by atoms with van der Waals surface area (Å²) in [7, 11) is 0. The number of benzene rings is 1. The highest BCUT2D eigenvalue weighted by molar-refractivity contribution is 7.99. The Labute approximate surface area is 208 Å². The Balaban J connectivity index is 0.000000497. The summed E-state index contributed by atoms with van der Waals surface area (Å²) in [5.74, 6) is 1.24. The molecule has 1 amide bonds. The lowest BCUT2D eigenvalue weighted by molar-refractivity contribution is 0.0398. The molecular weight excluding hydrogens is 450 g/mol. The lowest BCUT2D eigenvalue weighted by Crippen LogP contribution is -2.39. The lowest BCUT2D eigenvalue weighted by atomic mass is 10.2. The summed E-state index contributed by atoms with van der Waals surface area (Å²) in [6, 6.07) is 13.8. The number of aliphatic hydroxyl groups is 1. The van der Waals surface area contributed by atoms with E-state index in [0.29, 0.717) is 11.4 Å². The zero-order chi connectivity index (χ0) is 24.6. The number of carbonyl (C=O) groups excluding carboxylic acids is 1. The Morgan fingerprint density at radius 1 is 1.21 bits per heavy atom. The summed E-state index contributed by atoms with van der Waals surface area (Å²) < 4.78 is 7.45. The van der Waals surface area contributed by atoms with Crippen LogP contribution in [0.4, 0.5) is 11.6 Å². The number of aryl methyl sites for hydroxylation is 1. The van der Waals surface area contributed by atoms with Crippen molar-refractivity contribution in [2.75, 3.05) is 75.0 Å². The number of nitrogens with zero attached hydrogens (tertiary/aromatic N) is 3. The molecule has 0 unspecified atom stereocenters. The summed E-state index contributed by atoms with van der Waals surface area (Å²) in [6.45, 7) is 10.3. The van der Waals surface area contributed by atoms with Gasteiger partial charge in [0.2, 0.25) is 0 Å². The van der Waals surface area contributed by atoms with Gasteiger partial charge in [-0.3, -0.25) is 9.69 Å². The summed E-state index contributed by atoms with van der Waals surface area (Å²) in [4.78, 5) is 19.4. The molecule has 1 aliphatic rings. The number of hydrogen-bond donors (Lipinski definition) is 3. The van der Waals surface area contributed by atoms with E-state index in [2.05, 4.69) is 50.8 Å². The Morgan fingerprint density at radius 2 is 1.94 bits per heavy atom. The molecular formula is C25H39N5O3S. The van der Waals surface area contributed by atoms with Gasteiger partial charge in [-0.25, -0.2) is 4.98 Å². The van der Waals surface area contributed by atoms with Crippen LogP contribution in [0.2, 0.25) is 0 Å². The van der Waals surface area contributed by atoms with Crippen molar-refractivity contribution >= 4 is 29.5 Å². The van der Waals surface area contributed by atoms with E-state index in [-0.39, 0.29) is 19.1 Å². The van der Waals surface area contributed by atoms with Gasteiger partial charge in [0.15, 0.2) is 0 Å². The van der Waals surface area contributed by atoms with Gasteiger partial charge in [0, 0.05) is 51.1 Å². The van der Waals surface area contributed by atoms with Gasteiger partial charge in [-0.15, -0.1) is 0 Å². The van der Waals surface area contributed by atoms with E-state index in [1.54, 1.807) is 24.1 Å². The van der Waals surface area contributed by atoms with Crippen molar-refractivity contribution in [1.82, 2.24) is 15.2 Å². The normalized spacial score (nSPS) is 13.5. The molecule has 1 fully saturated rings. The predicted molar refractivity (Wildman–Crippen MR) is 142 cm³/mol. The van der Waals surface area contributed by atoms with Crippen molar-refractivity contribution < 1.29 is 14.6 Å². The number of amides is 1. The average Bonchev–Trinajstić information content (AvgIpc) is 2.87. The van der Waals surface area contributed by atoms with E-state index in [9.17, 15) is 4.79 Å². The standard InChI is InChI=1S/C18H31N5O3S.C7H8/c1-3-6-23(27-2)17-14-15(18(25)20-5-10-24)13-16(21-17)19-4-7-22-8-11-26-12-9-22;1-7-5-3-2-4-6-7/h13-14,24H,3-12H2,1-2H3,(H,19,21)(H,20,25);2-6H,1H3. The second-order valence-corrected chi connectivity index (χ2v) is 8.70. The maximum absolute atomic E-state index is 12.4. The van der Waals surface area contributed by atoms with Crippen LogP contribution in [-0.4, -0.2) is 86.2 Å². The first-order valence-electron chi connectivity index (χ1n) is 11.9. The molecule has 1 saturated heterocycles. The maximum Gasteiger partial charge on any atom is 0.251 e. The van der Waals surface area contributed by atoms with Gasteiger partial charge in [0.1, 0.15) is 11.6 Å². The number of morpholine rings is 1.